The van der Waals surface area contributed by atoms with Gasteiger partial charge in [0.1, 0.15) is 0 Å². The molecule has 0 spiro atoms. The zero-order valence-electron chi connectivity index (χ0n) is 13.5. The van der Waals surface area contributed by atoms with Gasteiger partial charge in [-0.2, -0.15) is 0 Å². The molecule has 22 heavy (non-hydrogen) atoms. The number of aromatic nitrogens is 1. The van der Waals surface area contributed by atoms with Crippen LogP contribution in [0.5, 0.6) is 0 Å². The van der Waals surface area contributed by atoms with E-state index in [0.717, 1.165) is 31.6 Å². The van der Waals surface area contributed by atoms with Crippen LogP contribution >= 0.6 is 0 Å². The Bertz CT molecular complexity index is 746. The van der Waals surface area contributed by atoms with Crippen LogP contribution in [0, 0.1) is 0 Å². The van der Waals surface area contributed by atoms with Crippen LogP contribution in [-0.4, -0.2) is 46.1 Å². The van der Waals surface area contributed by atoms with Crippen molar-refractivity contribution in [2.75, 3.05) is 19.6 Å². The molecule has 2 aliphatic rings. The second kappa shape index (κ2) is 4.85. The van der Waals surface area contributed by atoms with Gasteiger partial charge in [0.15, 0.2) is 0 Å². The molecule has 0 saturated heterocycles. The number of benzene rings is 1. The quantitative estimate of drug-likeness (QED) is 0.851. The molecule has 0 N–H and O–H groups in total. The summed E-state index contributed by atoms with van der Waals surface area (Å²) >= 11 is 0. The molecule has 2 aromatic rings. The van der Waals surface area contributed by atoms with Crippen LogP contribution in [0.3, 0.4) is 0 Å². The Balaban J connectivity index is 2.01. The monoisotopic (exact) mass is 297 g/mol. The van der Waals surface area contributed by atoms with Crippen molar-refractivity contribution in [1.82, 2.24) is 14.4 Å². The summed E-state index contributed by atoms with van der Waals surface area (Å²) in [6.07, 6.45) is 1.04. The standard InChI is InChI=1S/C18H23N3O/c1-4-19-10-9-14-13-7-5-6-8-15(13)21-17(14)16(19)11-20(12(2)3)18(21)22/h5-8,12,16H,4,9-11H2,1-3H3. The molecule has 1 unspecified atom stereocenters. The molecule has 0 fully saturated rings. The minimum absolute atomic E-state index is 0.140. The number of hydrogen-bond donors (Lipinski definition) is 0. The maximum Gasteiger partial charge on any atom is 0.329 e. The Morgan fingerprint density at radius 1 is 1.27 bits per heavy atom. The van der Waals surface area contributed by atoms with E-state index in [1.54, 1.807) is 0 Å². The number of likely N-dealkylation sites (N-methyl/N-ethyl adjacent to an activating group) is 1. The molecule has 0 radical (unpaired) electrons. The minimum atomic E-state index is 0.140. The lowest BCUT2D eigenvalue weighted by atomic mass is 9.95. The van der Waals surface area contributed by atoms with Gasteiger partial charge in [0.2, 0.25) is 0 Å². The Kier molecular flexibility index (Phi) is 3.05. The number of carbonyl (C=O) groups is 1. The van der Waals surface area contributed by atoms with Crippen molar-refractivity contribution in [3.8, 4) is 0 Å². The Morgan fingerprint density at radius 3 is 2.77 bits per heavy atom. The van der Waals surface area contributed by atoms with Gasteiger partial charge in [0, 0.05) is 24.5 Å². The molecule has 1 aromatic carbocycles. The first-order chi connectivity index (χ1) is 10.6. The second-order valence-electron chi connectivity index (χ2n) is 6.64. The highest BCUT2D eigenvalue weighted by atomic mass is 16.2. The summed E-state index contributed by atoms with van der Waals surface area (Å²) < 4.78 is 1.99. The Morgan fingerprint density at radius 2 is 2.05 bits per heavy atom. The van der Waals surface area contributed by atoms with Gasteiger partial charge in [-0.25, -0.2) is 4.79 Å². The topological polar surface area (TPSA) is 28.5 Å². The first-order valence-electron chi connectivity index (χ1n) is 8.30. The van der Waals surface area contributed by atoms with Gasteiger partial charge in [-0.3, -0.25) is 9.47 Å². The lowest BCUT2D eigenvalue weighted by molar-refractivity contribution is 0.106. The number of nitrogens with zero attached hydrogens (tertiary/aromatic N) is 3. The molecule has 1 amide bonds. The highest BCUT2D eigenvalue weighted by Crippen LogP contribution is 2.40. The molecule has 4 rings (SSSR count). The van der Waals surface area contributed by atoms with Crippen LogP contribution < -0.4 is 0 Å². The van der Waals surface area contributed by atoms with Crippen molar-refractivity contribution in [3.63, 3.8) is 0 Å². The maximum atomic E-state index is 13.0. The molecule has 0 saturated carbocycles. The number of amides is 1. The van der Waals surface area contributed by atoms with Crippen LogP contribution in [0.4, 0.5) is 4.79 Å². The molecular weight excluding hydrogens is 274 g/mol. The normalized spacial score (nSPS) is 21.7. The molecule has 3 heterocycles. The van der Waals surface area contributed by atoms with E-state index >= 15 is 0 Å². The van der Waals surface area contributed by atoms with Gasteiger partial charge in [-0.15, -0.1) is 0 Å². The Hall–Kier alpha value is -1.81. The molecule has 4 heteroatoms. The first-order valence-corrected chi connectivity index (χ1v) is 8.30. The predicted octanol–water partition coefficient (Wildman–Crippen LogP) is 3.25. The zero-order chi connectivity index (χ0) is 15.4. The van der Waals surface area contributed by atoms with Gasteiger partial charge in [-0.05, 0) is 38.4 Å². The first kappa shape index (κ1) is 13.8. The zero-order valence-corrected chi connectivity index (χ0v) is 13.5. The summed E-state index contributed by atoms with van der Waals surface area (Å²) in [6, 6.07) is 9.07. The summed E-state index contributed by atoms with van der Waals surface area (Å²) in [7, 11) is 0. The predicted molar refractivity (Wildman–Crippen MR) is 88.3 cm³/mol. The van der Waals surface area contributed by atoms with Gasteiger partial charge in [0.25, 0.3) is 0 Å². The van der Waals surface area contributed by atoms with Gasteiger partial charge >= 0.3 is 6.03 Å². The highest BCUT2D eigenvalue weighted by Gasteiger charge is 2.40. The molecule has 116 valence electrons. The fraction of sp³-hybridized carbons (Fsp3) is 0.500. The number of rotatable bonds is 2. The van der Waals surface area contributed by atoms with Crippen LogP contribution in [-0.2, 0) is 6.42 Å². The van der Waals surface area contributed by atoms with Crippen molar-refractivity contribution in [2.24, 2.45) is 0 Å². The summed E-state index contributed by atoms with van der Waals surface area (Å²) in [4.78, 5) is 17.6. The second-order valence-corrected chi connectivity index (χ2v) is 6.64. The average molecular weight is 297 g/mol. The fourth-order valence-corrected chi connectivity index (χ4v) is 4.13. The Labute approximate surface area is 131 Å². The van der Waals surface area contributed by atoms with E-state index in [1.807, 2.05) is 15.5 Å². The van der Waals surface area contributed by atoms with Crippen molar-refractivity contribution < 1.29 is 4.79 Å². The largest absolute Gasteiger partial charge is 0.329 e. The van der Waals surface area contributed by atoms with E-state index in [0.29, 0.717) is 6.04 Å². The number of hydrogen-bond acceptors (Lipinski definition) is 2. The van der Waals surface area contributed by atoms with E-state index in [9.17, 15) is 4.79 Å². The molecule has 0 bridgehead atoms. The van der Waals surface area contributed by atoms with Crippen LogP contribution in [0.15, 0.2) is 24.3 Å². The lowest BCUT2D eigenvalue weighted by Crippen LogP contribution is -2.52. The van der Waals surface area contributed by atoms with Crippen LogP contribution in [0.1, 0.15) is 38.1 Å². The summed E-state index contributed by atoms with van der Waals surface area (Å²) in [5.74, 6) is 0. The number of para-hydroxylation sites is 1. The third-order valence-corrected chi connectivity index (χ3v) is 5.26. The lowest BCUT2D eigenvalue weighted by Gasteiger charge is -2.44. The smallest absolute Gasteiger partial charge is 0.320 e. The van der Waals surface area contributed by atoms with Crippen molar-refractivity contribution >= 4 is 16.9 Å². The molecular formula is C18H23N3O. The SMILES string of the molecule is CCN1CCc2c3n(c4ccccc24)C(=O)N(C(C)C)CC31. The molecule has 0 aliphatic carbocycles. The summed E-state index contributed by atoms with van der Waals surface area (Å²) in [5.41, 5.74) is 3.71. The molecule has 1 aromatic heterocycles. The van der Waals surface area contributed by atoms with Crippen molar-refractivity contribution in [2.45, 2.75) is 39.3 Å². The summed E-state index contributed by atoms with van der Waals surface area (Å²) in [6.45, 7) is 9.36. The van der Waals surface area contributed by atoms with E-state index in [-0.39, 0.29) is 12.1 Å². The molecule has 2 aliphatic heterocycles. The van der Waals surface area contributed by atoms with E-state index < -0.39 is 0 Å². The van der Waals surface area contributed by atoms with E-state index in [2.05, 4.69) is 43.9 Å². The fourth-order valence-electron chi connectivity index (χ4n) is 4.13. The highest BCUT2D eigenvalue weighted by molar-refractivity contribution is 5.96. The van der Waals surface area contributed by atoms with Gasteiger partial charge in [0.05, 0.1) is 17.3 Å². The van der Waals surface area contributed by atoms with E-state index in [1.165, 1.54) is 16.6 Å². The third-order valence-electron chi connectivity index (χ3n) is 5.26. The van der Waals surface area contributed by atoms with Crippen LogP contribution in [0.2, 0.25) is 0 Å². The molecule has 4 nitrogen and oxygen atoms in total. The maximum absolute atomic E-state index is 13.0. The third kappa shape index (κ3) is 1.70. The van der Waals surface area contributed by atoms with Crippen molar-refractivity contribution in [3.05, 3.63) is 35.5 Å². The van der Waals surface area contributed by atoms with Crippen LogP contribution in [0.25, 0.3) is 10.9 Å². The van der Waals surface area contributed by atoms with Crippen molar-refractivity contribution in [1.29, 1.82) is 0 Å². The molecule has 1 atom stereocenters. The van der Waals surface area contributed by atoms with E-state index in [4.69, 9.17) is 0 Å². The number of fused-ring (bicyclic) bond motifs is 3. The number of carbonyl (C=O) groups excluding carboxylic acids is 1. The minimum Gasteiger partial charge on any atom is -0.320 e. The van der Waals surface area contributed by atoms with Gasteiger partial charge < -0.3 is 4.90 Å². The van der Waals surface area contributed by atoms with Gasteiger partial charge in [-0.1, -0.05) is 25.1 Å². The average Bonchev–Trinajstić information content (AvgIpc) is 2.86. The summed E-state index contributed by atoms with van der Waals surface area (Å²) in [5, 5.41) is 1.26.